The van der Waals surface area contributed by atoms with Crippen molar-refractivity contribution in [1.82, 2.24) is 9.80 Å². The van der Waals surface area contributed by atoms with Gasteiger partial charge in [-0.25, -0.2) is 0 Å². The van der Waals surface area contributed by atoms with Gasteiger partial charge in [-0.2, -0.15) is 0 Å². The van der Waals surface area contributed by atoms with Crippen LogP contribution in [-0.2, 0) is 0 Å². The van der Waals surface area contributed by atoms with Crippen molar-refractivity contribution in [3.8, 4) is 5.75 Å². The lowest BCUT2D eigenvalue weighted by Gasteiger charge is -2.35. The first-order valence-corrected chi connectivity index (χ1v) is 7.16. The molecule has 0 spiro atoms. The maximum atomic E-state index is 12.5. The second kappa shape index (κ2) is 5.32. The molecule has 2 fully saturated rings. The summed E-state index contributed by atoms with van der Waals surface area (Å²) in [6.45, 7) is 3.54. The fraction of sp³-hybridized carbons (Fsp3) is 0.533. The minimum atomic E-state index is 0.0283. The van der Waals surface area contributed by atoms with Crippen molar-refractivity contribution in [2.75, 3.05) is 39.0 Å². The number of methoxy groups -OCH3 is 1. The Balaban J connectivity index is 1.66. The normalized spacial score (nSPS) is 19.9. The summed E-state index contributed by atoms with van der Waals surface area (Å²) in [5.41, 5.74) is 7.01. The van der Waals surface area contributed by atoms with Gasteiger partial charge in [0.2, 0.25) is 0 Å². The highest BCUT2D eigenvalue weighted by Crippen LogP contribution is 2.28. The molecule has 5 heteroatoms. The highest BCUT2D eigenvalue weighted by atomic mass is 16.5. The summed E-state index contributed by atoms with van der Waals surface area (Å²) in [4.78, 5) is 16.9. The predicted octanol–water partition coefficient (Wildman–Crippen LogP) is 1.20. The number of ether oxygens (including phenoxy) is 1. The van der Waals surface area contributed by atoms with Crippen LogP contribution in [0, 0.1) is 0 Å². The molecule has 1 aliphatic carbocycles. The Hall–Kier alpha value is -1.75. The highest BCUT2D eigenvalue weighted by molar-refractivity contribution is 5.99. The van der Waals surface area contributed by atoms with Crippen LogP contribution in [0.4, 0.5) is 5.69 Å². The fourth-order valence-electron chi connectivity index (χ4n) is 2.76. The number of anilines is 1. The lowest BCUT2D eigenvalue weighted by atomic mass is 10.1. The van der Waals surface area contributed by atoms with Crippen LogP contribution in [0.2, 0.25) is 0 Å². The summed E-state index contributed by atoms with van der Waals surface area (Å²) in [5, 5.41) is 0. The maximum Gasteiger partial charge on any atom is 0.256 e. The van der Waals surface area contributed by atoms with Gasteiger partial charge in [0.15, 0.2) is 0 Å². The monoisotopic (exact) mass is 275 g/mol. The molecular weight excluding hydrogens is 254 g/mol. The Morgan fingerprint density at radius 2 is 1.95 bits per heavy atom. The third kappa shape index (κ3) is 2.58. The molecule has 0 aromatic heterocycles. The molecule has 0 unspecified atom stereocenters. The van der Waals surface area contributed by atoms with E-state index in [1.165, 1.54) is 12.8 Å². The molecule has 1 aromatic carbocycles. The summed E-state index contributed by atoms with van der Waals surface area (Å²) in [5.74, 6) is 0.707. The minimum absolute atomic E-state index is 0.0283. The molecular formula is C15H21N3O2. The molecule has 1 aromatic rings. The largest absolute Gasteiger partial charge is 0.497 e. The van der Waals surface area contributed by atoms with Gasteiger partial charge in [0.1, 0.15) is 5.75 Å². The third-order valence-corrected chi connectivity index (χ3v) is 4.15. The predicted molar refractivity (Wildman–Crippen MR) is 77.9 cm³/mol. The van der Waals surface area contributed by atoms with E-state index in [9.17, 15) is 4.79 Å². The van der Waals surface area contributed by atoms with E-state index in [0.29, 0.717) is 17.0 Å². The first kappa shape index (κ1) is 13.2. The van der Waals surface area contributed by atoms with Crippen molar-refractivity contribution in [3.05, 3.63) is 23.8 Å². The van der Waals surface area contributed by atoms with Gasteiger partial charge in [0, 0.05) is 44.0 Å². The van der Waals surface area contributed by atoms with Crippen LogP contribution in [0.25, 0.3) is 0 Å². The lowest BCUT2D eigenvalue weighted by Crippen LogP contribution is -2.49. The first-order valence-electron chi connectivity index (χ1n) is 7.16. The van der Waals surface area contributed by atoms with Gasteiger partial charge in [-0.05, 0) is 25.0 Å². The average Bonchev–Trinajstić information content (AvgIpc) is 3.31. The molecule has 20 heavy (non-hydrogen) atoms. The van der Waals surface area contributed by atoms with Gasteiger partial charge >= 0.3 is 0 Å². The smallest absolute Gasteiger partial charge is 0.256 e. The Labute approximate surface area is 119 Å². The quantitative estimate of drug-likeness (QED) is 0.842. The van der Waals surface area contributed by atoms with Crippen LogP contribution in [0.3, 0.4) is 0 Å². The number of benzene rings is 1. The summed E-state index contributed by atoms with van der Waals surface area (Å²) in [7, 11) is 1.59. The molecule has 2 N–H and O–H groups in total. The van der Waals surface area contributed by atoms with Crippen LogP contribution in [-0.4, -0.2) is 55.0 Å². The second-order valence-electron chi connectivity index (χ2n) is 5.51. The number of carbonyl (C=O) groups excluding carboxylic acids is 1. The van der Waals surface area contributed by atoms with Gasteiger partial charge in [-0.3, -0.25) is 9.69 Å². The SMILES string of the molecule is COc1ccc(C(=O)N2CCN(C3CC3)CC2)c(N)c1. The molecule has 1 aliphatic heterocycles. The lowest BCUT2D eigenvalue weighted by molar-refractivity contribution is 0.0628. The van der Waals surface area contributed by atoms with E-state index < -0.39 is 0 Å². The van der Waals surface area contributed by atoms with Gasteiger partial charge in [0.05, 0.1) is 12.7 Å². The van der Waals surface area contributed by atoms with E-state index in [0.717, 1.165) is 32.2 Å². The zero-order valence-electron chi connectivity index (χ0n) is 11.8. The number of nitrogens with two attached hydrogens (primary N) is 1. The molecule has 1 saturated heterocycles. The average molecular weight is 275 g/mol. The number of carbonyl (C=O) groups is 1. The topological polar surface area (TPSA) is 58.8 Å². The Morgan fingerprint density at radius 1 is 1.25 bits per heavy atom. The zero-order valence-corrected chi connectivity index (χ0v) is 11.8. The second-order valence-corrected chi connectivity index (χ2v) is 5.51. The molecule has 0 bridgehead atoms. The summed E-state index contributed by atoms with van der Waals surface area (Å²) >= 11 is 0. The summed E-state index contributed by atoms with van der Waals surface area (Å²) in [6.07, 6.45) is 2.64. The third-order valence-electron chi connectivity index (χ3n) is 4.15. The van der Waals surface area contributed by atoms with E-state index in [-0.39, 0.29) is 5.91 Å². The molecule has 1 heterocycles. The van der Waals surface area contributed by atoms with Crippen LogP contribution >= 0.6 is 0 Å². The number of rotatable bonds is 3. The Morgan fingerprint density at radius 3 is 2.50 bits per heavy atom. The minimum Gasteiger partial charge on any atom is -0.497 e. The van der Waals surface area contributed by atoms with Crippen LogP contribution in [0.15, 0.2) is 18.2 Å². The van der Waals surface area contributed by atoms with Gasteiger partial charge < -0.3 is 15.4 Å². The number of nitrogen functional groups attached to an aromatic ring is 1. The Bertz CT molecular complexity index is 506. The molecule has 108 valence electrons. The molecule has 1 saturated carbocycles. The molecule has 5 nitrogen and oxygen atoms in total. The molecule has 0 radical (unpaired) electrons. The molecule has 2 aliphatic rings. The van der Waals surface area contributed by atoms with E-state index in [1.54, 1.807) is 25.3 Å². The van der Waals surface area contributed by atoms with Crippen LogP contribution in [0.5, 0.6) is 5.75 Å². The summed E-state index contributed by atoms with van der Waals surface area (Å²) < 4.78 is 5.11. The van der Waals surface area contributed by atoms with E-state index in [4.69, 9.17) is 10.5 Å². The van der Waals surface area contributed by atoms with Crippen molar-refractivity contribution in [1.29, 1.82) is 0 Å². The maximum absolute atomic E-state index is 12.5. The van der Waals surface area contributed by atoms with Gasteiger partial charge in [0.25, 0.3) is 5.91 Å². The van der Waals surface area contributed by atoms with Crippen molar-refractivity contribution < 1.29 is 9.53 Å². The first-order chi connectivity index (χ1) is 9.69. The molecule has 1 amide bonds. The standard InChI is InChI=1S/C15H21N3O2/c1-20-12-4-5-13(14(16)10-12)15(19)18-8-6-17(7-9-18)11-2-3-11/h4-5,10-11H,2-3,6-9,16H2,1H3. The number of hydrogen-bond acceptors (Lipinski definition) is 4. The number of nitrogens with zero attached hydrogens (tertiary/aromatic N) is 2. The van der Waals surface area contributed by atoms with Crippen molar-refractivity contribution >= 4 is 11.6 Å². The number of hydrogen-bond donors (Lipinski definition) is 1. The van der Waals surface area contributed by atoms with E-state index in [1.807, 2.05) is 4.90 Å². The zero-order chi connectivity index (χ0) is 14.1. The van der Waals surface area contributed by atoms with E-state index >= 15 is 0 Å². The van der Waals surface area contributed by atoms with Gasteiger partial charge in [-0.15, -0.1) is 0 Å². The number of amides is 1. The highest BCUT2D eigenvalue weighted by Gasteiger charge is 2.32. The Kier molecular flexibility index (Phi) is 3.53. The van der Waals surface area contributed by atoms with Crippen molar-refractivity contribution in [2.45, 2.75) is 18.9 Å². The van der Waals surface area contributed by atoms with Crippen molar-refractivity contribution in [2.24, 2.45) is 0 Å². The van der Waals surface area contributed by atoms with Gasteiger partial charge in [-0.1, -0.05) is 0 Å². The van der Waals surface area contributed by atoms with Crippen molar-refractivity contribution in [3.63, 3.8) is 0 Å². The molecule has 3 rings (SSSR count). The molecule has 0 atom stereocenters. The van der Waals surface area contributed by atoms with E-state index in [2.05, 4.69) is 4.90 Å². The fourth-order valence-corrected chi connectivity index (χ4v) is 2.76. The number of piperazine rings is 1. The summed E-state index contributed by atoms with van der Waals surface area (Å²) in [6, 6.07) is 6.01. The van der Waals surface area contributed by atoms with Crippen LogP contribution < -0.4 is 10.5 Å². The van der Waals surface area contributed by atoms with Crippen LogP contribution in [0.1, 0.15) is 23.2 Å².